The Morgan fingerprint density at radius 3 is 1.04 bits per heavy atom. The lowest BCUT2D eigenvalue weighted by Crippen LogP contribution is -2.71. The molecule has 0 bridgehead atoms. The van der Waals surface area contributed by atoms with E-state index in [1.54, 1.807) is 0 Å². The SMILES string of the molecule is C=C[Si](C)(C)O[Si](C)(C)O[Si](O[Si](C)(C)C=C)(c1ccccc1)c1ccccc1.C[SiH](O[Si](C)(C)C)O[Si](O[Si](C)(C)C)(c1ccccc1)c1ccccc1. The molecule has 298 valence electrons. The molecule has 0 aliphatic heterocycles. The number of benzene rings is 4. The monoisotopic (exact) mass is 878 g/mol. The van der Waals surface area contributed by atoms with E-state index in [9.17, 15) is 0 Å². The van der Waals surface area contributed by atoms with Crippen LogP contribution in [0, 0.1) is 0 Å². The van der Waals surface area contributed by atoms with Gasteiger partial charge in [-0.05, 0) is 106 Å². The van der Waals surface area contributed by atoms with Crippen LogP contribution in [-0.4, -0.2) is 68.2 Å². The van der Waals surface area contributed by atoms with Crippen molar-refractivity contribution in [3.05, 3.63) is 146 Å². The summed E-state index contributed by atoms with van der Waals surface area (Å²) in [6, 6.07) is 41.7. The van der Waals surface area contributed by atoms with Crippen molar-refractivity contribution in [3.63, 3.8) is 0 Å². The molecule has 0 saturated heterocycles. The molecule has 4 rings (SSSR count). The summed E-state index contributed by atoms with van der Waals surface area (Å²) < 4.78 is 40.8. The molecule has 0 saturated carbocycles. The van der Waals surface area contributed by atoms with Crippen LogP contribution in [0.4, 0.5) is 0 Å². The second kappa shape index (κ2) is 19.5. The molecule has 1 atom stereocenters. The Labute approximate surface area is 342 Å². The predicted octanol–water partition coefficient (Wildman–Crippen LogP) is 8.67. The van der Waals surface area contributed by atoms with Gasteiger partial charge in [0.15, 0.2) is 25.0 Å². The van der Waals surface area contributed by atoms with Crippen LogP contribution in [0.15, 0.2) is 146 Å². The molecule has 6 nitrogen and oxygen atoms in total. The summed E-state index contributed by atoms with van der Waals surface area (Å²) in [5, 5.41) is 4.51. The third kappa shape index (κ3) is 14.6. The van der Waals surface area contributed by atoms with Gasteiger partial charge in [-0.25, -0.2) is 0 Å². The van der Waals surface area contributed by atoms with Gasteiger partial charge in [0.2, 0.25) is 8.32 Å². The van der Waals surface area contributed by atoms with Crippen LogP contribution in [0.5, 0.6) is 0 Å². The van der Waals surface area contributed by atoms with E-state index in [0.29, 0.717) is 0 Å². The highest BCUT2D eigenvalue weighted by molar-refractivity contribution is 7.03. The predicted molar refractivity (Wildman–Crippen MR) is 255 cm³/mol. The van der Waals surface area contributed by atoms with Crippen molar-refractivity contribution in [2.75, 3.05) is 0 Å². The summed E-state index contributed by atoms with van der Waals surface area (Å²) in [6.07, 6.45) is 0. The fraction of sp³-hybridized carbons (Fsp3) is 0.317. The highest BCUT2D eigenvalue weighted by Crippen LogP contribution is 2.25. The van der Waals surface area contributed by atoms with Gasteiger partial charge in [0.05, 0.1) is 0 Å². The van der Waals surface area contributed by atoms with Gasteiger partial charge in [-0.2, -0.15) is 0 Å². The van der Waals surface area contributed by atoms with E-state index in [-0.39, 0.29) is 0 Å². The van der Waals surface area contributed by atoms with Crippen molar-refractivity contribution in [2.45, 2.75) is 85.1 Å². The maximum Gasteiger partial charge on any atom is 0.388 e. The van der Waals surface area contributed by atoms with Gasteiger partial charge in [0, 0.05) is 0 Å². The first-order valence-electron chi connectivity index (χ1n) is 19.1. The Bertz CT molecular complexity index is 1690. The fourth-order valence-corrected chi connectivity index (χ4v) is 36.4. The van der Waals surface area contributed by atoms with Gasteiger partial charge in [0.1, 0.15) is 0 Å². The molecule has 14 heteroatoms. The Morgan fingerprint density at radius 1 is 0.400 bits per heavy atom. The van der Waals surface area contributed by atoms with Gasteiger partial charge in [-0.15, -0.1) is 13.2 Å². The topological polar surface area (TPSA) is 55.4 Å². The normalized spacial score (nSPS) is 13.7. The molecule has 0 heterocycles. The Hall–Kier alpha value is -2.14. The Kier molecular flexibility index (Phi) is 16.8. The second-order valence-electron chi connectivity index (χ2n) is 17.1. The summed E-state index contributed by atoms with van der Waals surface area (Å²) in [4.78, 5) is 0. The minimum absolute atomic E-state index is 1.09. The largest absolute Gasteiger partial charge is 0.439 e. The van der Waals surface area contributed by atoms with E-state index in [1.165, 1.54) is 0 Å². The summed E-state index contributed by atoms with van der Waals surface area (Å²) >= 11 is 0. The third-order valence-corrected chi connectivity index (χ3v) is 35.4. The van der Waals surface area contributed by atoms with Crippen LogP contribution in [-0.2, 0) is 24.7 Å². The maximum absolute atomic E-state index is 7.08. The highest BCUT2D eigenvalue weighted by Gasteiger charge is 2.52. The highest BCUT2D eigenvalue weighted by atomic mass is 28.5. The van der Waals surface area contributed by atoms with Gasteiger partial charge < -0.3 is 24.7 Å². The molecule has 0 spiro atoms. The number of rotatable bonds is 18. The molecule has 0 radical (unpaired) electrons. The molecule has 1 unspecified atom stereocenters. The van der Waals surface area contributed by atoms with E-state index >= 15 is 0 Å². The van der Waals surface area contributed by atoms with Gasteiger partial charge >= 0.3 is 25.7 Å². The van der Waals surface area contributed by atoms with Crippen molar-refractivity contribution in [1.82, 2.24) is 0 Å². The van der Waals surface area contributed by atoms with Crippen molar-refractivity contribution in [1.29, 1.82) is 0 Å². The number of hydrogen-bond acceptors (Lipinski definition) is 6. The average Bonchev–Trinajstić information content (AvgIpc) is 3.11. The minimum Gasteiger partial charge on any atom is -0.439 e. The summed E-state index contributed by atoms with van der Waals surface area (Å²) in [7, 11) is -18.0. The third-order valence-electron chi connectivity index (χ3n) is 8.20. The van der Waals surface area contributed by atoms with Crippen molar-refractivity contribution >= 4 is 89.0 Å². The van der Waals surface area contributed by atoms with Crippen LogP contribution in [0.3, 0.4) is 0 Å². The first-order chi connectivity index (χ1) is 25.5. The van der Waals surface area contributed by atoms with Crippen molar-refractivity contribution < 1.29 is 24.7 Å². The van der Waals surface area contributed by atoms with Gasteiger partial charge in [0.25, 0.3) is 9.28 Å². The Morgan fingerprint density at radius 2 is 0.727 bits per heavy atom. The fourth-order valence-electron chi connectivity index (χ4n) is 6.14. The summed E-state index contributed by atoms with van der Waals surface area (Å²) in [5.41, 5.74) is 3.94. The van der Waals surface area contributed by atoms with E-state index in [0.717, 1.165) is 20.7 Å². The smallest absolute Gasteiger partial charge is 0.388 e. The van der Waals surface area contributed by atoms with Crippen LogP contribution in [0.1, 0.15) is 0 Å². The molecule has 0 aliphatic rings. The Balaban J connectivity index is 0.000000297. The van der Waals surface area contributed by atoms with Crippen molar-refractivity contribution in [2.24, 2.45) is 0 Å². The molecule has 0 aliphatic carbocycles. The van der Waals surface area contributed by atoms with E-state index < -0.39 is 68.2 Å². The van der Waals surface area contributed by atoms with E-state index in [4.69, 9.17) is 24.7 Å². The lowest BCUT2D eigenvalue weighted by molar-refractivity contribution is 0.345. The zero-order valence-electron chi connectivity index (χ0n) is 35.6. The average molecular weight is 880 g/mol. The second-order valence-corrected chi connectivity index (χ2v) is 46.7. The molecular weight excluding hydrogens is 813 g/mol. The van der Waals surface area contributed by atoms with Crippen LogP contribution in [0.2, 0.25) is 85.1 Å². The molecule has 4 aromatic carbocycles. The van der Waals surface area contributed by atoms with Gasteiger partial charge in [-0.3, -0.25) is 0 Å². The summed E-state index contributed by atoms with van der Waals surface area (Å²) in [5.74, 6) is 0. The molecule has 55 heavy (non-hydrogen) atoms. The maximum atomic E-state index is 7.08. The standard InChI is InChI=1S/C22H34O3Si4.C19H32O3Si4/c1-9-26(3,4)23-28(7,8)25-29(24-27(5,6)10-2,21-17-13-11-14-18-21)22-19-15-12-16-20-22;1-23(20-24(2,3)4)21-26(22-25(5,6)7,18-14-10-8-11-15-18)19-16-12-9-13-17-19/h9-20H,1-2H2,3-8H3;8-17,23H,1-7H3. The van der Waals surface area contributed by atoms with Gasteiger partial charge in [-0.1, -0.05) is 133 Å². The van der Waals surface area contributed by atoms with Crippen LogP contribution < -0.4 is 20.7 Å². The molecule has 0 N–H and O–H groups in total. The first kappa shape index (κ1) is 47.2. The molecular formula is C41H66O6Si8. The first-order valence-corrected chi connectivity index (χ1v) is 40.5. The van der Waals surface area contributed by atoms with Crippen LogP contribution in [0.25, 0.3) is 0 Å². The quantitative estimate of drug-likeness (QED) is 0.0934. The van der Waals surface area contributed by atoms with Crippen LogP contribution >= 0.6 is 0 Å². The molecule has 4 aromatic rings. The lowest BCUT2D eigenvalue weighted by atomic mass is 10.4. The molecule has 0 fully saturated rings. The zero-order valence-corrected chi connectivity index (χ0v) is 43.8. The summed E-state index contributed by atoms with van der Waals surface area (Å²) in [6.45, 7) is 36.4. The van der Waals surface area contributed by atoms with E-state index in [1.807, 2.05) is 59.9 Å². The minimum atomic E-state index is -3.04. The molecule has 0 amide bonds. The van der Waals surface area contributed by atoms with Crippen molar-refractivity contribution in [3.8, 4) is 0 Å². The number of hydrogen-bond donors (Lipinski definition) is 0. The zero-order chi connectivity index (χ0) is 41.2. The van der Waals surface area contributed by atoms with E-state index in [2.05, 4.69) is 171 Å². The molecule has 0 aromatic heterocycles. The lowest BCUT2D eigenvalue weighted by Gasteiger charge is -2.43.